The Labute approximate surface area is 130 Å². The number of hydrogen-bond acceptors (Lipinski definition) is 4. The molecule has 0 aromatic heterocycles. The fraction of sp³-hybridized carbons (Fsp3) is 0.500. The van der Waals surface area contributed by atoms with E-state index >= 15 is 0 Å². The molecule has 0 saturated heterocycles. The zero-order chi connectivity index (χ0) is 16.0. The summed E-state index contributed by atoms with van der Waals surface area (Å²) in [6, 6.07) is 4.40. The largest absolute Gasteiger partial charge is 0.380 e. The van der Waals surface area contributed by atoms with Crippen LogP contribution in [0.25, 0.3) is 0 Å². The highest BCUT2D eigenvalue weighted by molar-refractivity contribution is 8.13. The standard InChI is InChI=1S/C14H20ClNO4S/c1-4-16(6-7-20-5-2)14(17)12-8-11(3)9-13(10-12)21(15,18)19/h8-10H,4-7H2,1-3H3. The summed E-state index contributed by atoms with van der Waals surface area (Å²) in [4.78, 5) is 14.0. The Hall–Kier alpha value is -1.11. The third kappa shape index (κ3) is 5.30. The Morgan fingerprint density at radius 2 is 1.95 bits per heavy atom. The summed E-state index contributed by atoms with van der Waals surface area (Å²) < 4.78 is 28.1. The predicted molar refractivity (Wildman–Crippen MR) is 82.3 cm³/mol. The first-order valence-electron chi connectivity index (χ1n) is 6.73. The van der Waals surface area contributed by atoms with Gasteiger partial charge in [0.05, 0.1) is 11.5 Å². The smallest absolute Gasteiger partial charge is 0.261 e. The number of hydrogen-bond donors (Lipinski definition) is 0. The molecule has 118 valence electrons. The monoisotopic (exact) mass is 333 g/mol. The van der Waals surface area contributed by atoms with Crippen molar-refractivity contribution in [3.05, 3.63) is 29.3 Å². The van der Waals surface area contributed by atoms with Gasteiger partial charge in [-0.1, -0.05) is 0 Å². The SMILES string of the molecule is CCOCCN(CC)C(=O)c1cc(C)cc(S(=O)(=O)Cl)c1. The van der Waals surface area contributed by atoms with Crippen LogP contribution in [0.5, 0.6) is 0 Å². The molecule has 1 aromatic rings. The number of amides is 1. The number of carbonyl (C=O) groups is 1. The Kier molecular flexibility index (Phi) is 6.64. The fourth-order valence-corrected chi connectivity index (χ4v) is 2.78. The molecule has 0 unspecified atom stereocenters. The van der Waals surface area contributed by atoms with Crippen molar-refractivity contribution in [2.45, 2.75) is 25.7 Å². The molecule has 21 heavy (non-hydrogen) atoms. The maximum atomic E-state index is 12.4. The van der Waals surface area contributed by atoms with Gasteiger partial charge in [-0.25, -0.2) is 8.42 Å². The van der Waals surface area contributed by atoms with Gasteiger partial charge in [0.15, 0.2) is 0 Å². The second-order valence-electron chi connectivity index (χ2n) is 4.55. The quantitative estimate of drug-likeness (QED) is 0.568. The molecule has 0 aliphatic rings. The molecule has 0 radical (unpaired) electrons. The lowest BCUT2D eigenvalue weighted by molar-refractivity contribution is 0.0669. The van der Waals surface area contributed by atoms with Gasteiger partial charge in [-0.2, -0.15) is 0 Å². The van der Waals surface area contributed by atoms with Crippen molar-refractivity contribution in [2.24, 2.45) is 0 Å². The van der Waals surface area contributed by atoms with E-state index in [0.29, 0.717) is 37.4 Å². The van der Waals surface area contributed by atoms with E-state index in [1.165, 1.54) is 12.1 Å². The minimum absolute atomic E-state index is 0.0617. The normalized spacial score (nSPS) is 11.4. The number of rotatable bonds is 7. The molecule has 7 heteroatoms. The van der Waals surface area contributed by atoms with Gasteiger partial charge in [0.1, 0.15) is 0 Å². The lowest BCUT2D eigenvalue weighted by atomic mass is 10.1. The highest BCUT2D eigenvalue weighted by Gasteiger charge is 2.18. The van der Waals surface area contributed by atoms with Crippen LogP contribution in [0.3, 0.4) is 0 Å². The molecule has 0 atom stereocenters. The first-order chi connectivity index (χ1) is 9.79. The van der Waals surface area contributed by atoms with Crippen LogP contribution in [0.2, 0.25) is 0 Å². The van der Waals surface area contributed by atoms with Crippen LogP contribution in [0, 0.1) is 6.92 Å². The summed E-state index contributed by atoms with van der Waals surface area (Å²) in [7, 11) is 1.49. The van der Waals surface area contributed by atoms with Crippen molar-refractivity contribution < 1.29 is 17.9 Å². The van der Waals surface area contributed by atoms with Crippen LogP contribution >= 0.6 is 10.7 Å². The van der Waals surface area contributed by atoms with Crippen molar-refractivity contribution in [1.82, 2.24) is 4.90 Å². The molecular weight excluding hydrogens is 314 g/mol. The molecule has 0 N–H and O–H groups in total. The average Bonchev–Trinajstić information content (AvgIpc) is 2.41. The minimum Gasteiger partial charge on any atom is -0.380 e. The van der Waals surface area contributed by atoms with E-state index in [1.807, 2.05) is 13.8 Å². The van der Waals surface area contributed by atoms with Crippen LogP contribution in [0.4, 0.5) is 0 Å². The van der Waals surface area contributed by atoms with Gasteiger partial charge in [0, 0.05) is 35.9 Å². The molecular formula is C14H20ClNO4S. The van der Waals surface area contributed by atoms with E-state index in [1.54, 1.807) is 17.9 Å². The Bertz CT molecular complexity index is 601. The summed E-state index contributed by atoms with van der Waals surface area (Å²) >= 11 is 0. The van der Waals surface area contributed by atoms with E-state index in [4.69, 9.17) is 15.4 Å². The van der Waals surface area contributed by atoms with Crippen molar-refractivity contribution in [1.29, 1.82) is 0 Å². The molecule has 0 heterocycles. The van der Waals surface area contributed by atoms with Crippen LogP contribution in [-0.4, -0.2) is 45.5 Å². The number of benzene rings is 1. The van der Waals surface area contributed by atoms with E-state index < -0.39 is 9.05 Å². The highest BCUT2D eigenvalue weighted by atomic mass is 35.7. The van der Waals surface area contributed by atoms with Crippen LogP contribution in [0.15, 0.2) is 23.1 Å². The van der Waals surface area contributed by atoms with E-state index in [-0.39, 0.29) is 10.8 Å². The fourth-order valence-electron chi connectivity index (χ4n) is 1.92. The molecule has 1 amide bonds. The first kappa shape index (κ1) is 17.9. The Morgan fingerprint density at radius 3 is 2.48 bits per heavy atom. The van der Waals surface area contributed by atoms with Gasteiger partial charge >= 0.3 is 0 Å². The van der Waals surface area contributed by atoms with E-state index in [9.17, 15) is 13.2 Å². The molecule has 0 aliphatic carbocycles. The molecule has 0 saturated carbocycles. The van der Waals surface area contributed by atoms with Crippen LogP contribution in [0.1, 0.15) is 29.8 Å². The number of aryl methyl sites for hydroxylation is 1. The summed E-state index contributed by atoms with van der Waals surface area (Å²) in [5.41, 5.74) is 0.980. The summed E-state index contributed by atoms with van der Waals surface area (Å²) in [5.74, 6) is -0.234. The van der Waals surface area contributed by atoms with Gasteiger partial charge in [0.25, 0.3) is 15.0 Å². The average molecular weight is 334 g/mol. The topological polar surface area (TPSA) is 63.7 Å². The molecule has 0 aliphatic heterocycles. The van der Waals surface area contributed by atoms with Crippen molar-refractivity contribution in [2.75, 3.05) is 26.3 Å². The molecule has 0 spiro atoms. The zero-order valence-corrected chi connectivity index (χ0v) is 14.0. The summed E-state index contributed by atoms with van der Waals surface area (Å²) in [6.07, 6.45) is 0. The third-order valence-electron chi connectivity index (χ3n) is 2.96. The third-order valence-corrected chi connectivity index (χ3v) is 4.29. The summed E-state index contributed by atoms with van der Waals surface area (Å²) in [6.45, 7) is 7.48. The van der Waals surface area contributed by atoms with Crippen molar-refractivity contribution in [3.8, 4) is 0 Å². The van der Waals surface area contributed by atoms with E-state index in [2.05, 4.69) is 0 Å². The molecule has 1 aromatic carbocycles. The molecule has 0 fully saturated rings. The Morgan fingerprint density at radius 1 is 1.29 bits per heavy atom. The van der Waals surface area contributed by atoms with Gasteiger partial charge in [-0.3, -0.25) is 4.79 Å². The lowest BCUT2D eigenvalue weighted by Gasteiger charge is -2.21. The number of nitrogens with zero attached hydrogens (tertiary/aromatic N) is 1. The first-order valence-corrected chi connectivity index (χ1v) is 9.03. The van der Waals surface area contributed by atoms with Crippen LogP contribution < -0.4 is 0 Å². The van der Waals surface area contributed by atoms with Gasteiger partial charge < -0.3 is 9.64 Å². The predicted octanol–water partition coefficient (Wildman–Crippen LogP) is 2.42. The van der Waals surface area contributed by atoms with Gasteiger partial charge in [-0.15, -0.1) is 0 Å². The van der Waals surface area contributed by atoms with Crippen LogP contribution in [-0.2, 0) is 13.8 Å². The van der Waals surface area contributed by atoms with Gasteiger partial charge in [-0.05, 0) is 44.5 Å². The maximum Gasteiger partial charge on any atom is 0.261 e. The zero-order valence-electron chi connectivity index (χ0n) is 12.4. The highest BCUT2D eigenvalue weighted by Crippen LogP contribution is 2.19. The number of carbonyl (C=O) groups excluding carboxylic acids is 1. The number of likely N-dealkylation sites (N-methyl/N-ethyl adjacent to an activating group) is 1. The Balaban J connectivity index is 3.03. The molecule has 5 nitrogen and oxygen atoms in total. The molecule has 1 rings (SSSR count). The van der Waals surface area contributed by atoms with Crippen molar-refractivity contribution in [3.63, 3.8) is 0 Å². The minimum atomic E-state index is -3.86. The number of ether oxygens (including phenoxy) is 1. The second kappa shape index (κ2) is 7.77. The number of halogens is 1. The second-order valence-corrected chi connectivity index (χ2v) is 7.12. The maximum absolute atomic E-state index is 12.4. The summed E-state index contributed by atoms with van der Waals surface area (Å²) in [5, 5.41) is 0. The van der Waals surface area contributed by atoms with Gasteiger partial charge in [0.2, 0.25) is 0 Å². The van der Waals surface area contributed by atoms with Crippen molar-refractivity contribution >= 4 is 25.6 Å². The van der Waals surface area contributed by atoms with E-state index in [0.717, 1.165) is 0 Å². The lowest BCUT2D eigenvalue weighted by Crippen LogP contribution is -2.34. The molecule has 0 bridgehead atoms.